The van der Waals surface area contributed by atoms with E-state index in [0.717, 1.165) is 6.92 Å². The van der Waals surface area contributed by atoms with Gasteiger partial charge in [0.05, 0.1) is 6.10 Å². The summed E-state index contributed by atoms with van der Waals surface area (Å²) in [4.78, 5) is 60.2. The van der Waals surface area contributed by atoms with Crippen molar-refractivity contribution in [2.75, 3.05) is 6.67 Å². The number of nitrogens with zero attached hydrogens (tertiary/aromatic N) is 2. The van der Waals surface area contributed by atoms with Crippen molar-refractivity contribution < 1.29 is 65.0 Å². The first-order valence-corrected chi connectivity index (χ1v) is 12.5. The van der Waals surface area contributed by atoms with Crippen LogP contribution in [0.2, 0.25) is 0 Å². The van der Waals surface area contributed by atoms with Crippen LogP contribution in [-0.2, 0) is 31.6 Å². The molecule has 0 saturated carbocycles. The molecule has 6 N–H and O–H groups in total. The Bertz CT molecular complexity index is 1110. The van der Waals surface area contributed by atoms with E-state index in [1.807, 2.05) is 0 Å². The van der Waals surface area contributed by atoms with Crippen molar-refractivity contribution in [1.29, 1.82) is 0 Å². The monoisotopic (exact) mass is 533 g/mol. The SMILES string of the molecule is CC(OP(=O)(O)OP(=O)(O)OP(=O)(O)O)[C@H]1O[C@@H](n2ncc(=O)[nH]c2=O)[C@@](F)(CF)C1O. The number of H-pyrrole nitrogens is 1. The molecule has 1 aliphatic rings. The van der Waals surface area contributed by atoms with Crippen LogP contribution in [0, 0.1) is 0 Å². The second-order valence-corrected chi connectivity index (χ2v) is 10.6. The average Bonchev–Trinajstić information content (AvgIpc) is 2.84. The molecule has 1 aromatic heterocycles. The number of phosphoric acid groups is 3. The van der Waals surface area contributed by atoms with Crippen LogP contribution < -0.4 is 11.2 Å². The first-order chi connectivity index (χ1) is 14.4. The molecule has 0 bridgehead atoms. The molecule has 2 heterocycles. The first-order valence-electron chi connectivity index (χ1n) is 7.99. The fourth-order valence-electron chi connectivity index (χ4n) is 2.63. The molecule has 32 heavy (non-hydrogen) atoms. The number of aliphatic hydroxyl groups is 1. The lowest BCUT2D eigenvalue weighted by Gasteiger charge is -2.26. The smallest absolute Gasteiger partial charge is 0.387 e. The molecule has 2 rings (SSSR count). The summed E-state index contributed by atoms with van der Waals surface area (Å²) in [6.45, 7) is -1.14. The highest BCUT2D eigenvalue weighted by molar-refractivity contribution is 7.66. The molecule has 22 heteroatoms. The summed E-state index contributed by atoms with van der Waals surface area (Å²) in [5, 5.41) is 13.4. The lowest BCUT2D eigenvalue weighted by molar-refractivity contribution is -0.0919. The maximum absolute atomic E-state index is 15.1. The molecule has 1 saturated heterocycles. The molecule has 0 spiro atoms. The van der Waals surface area contributed by atoms with Crippen LogP contribution in [0.25, 0.3) is 0 Å². The first kappa shape index (κ1) is 27.0. The van der Waals surface area contributed by atoms with Crippen LogP contribution in [0.1, 0.15) is 13.2 Å². The lowest BCUT2D eigenvalue weighted by atomic mass is 9.95. The number of aromatic nitrogens is 3. The molecule has 17 nitrogen and oxygen atoms in total. The molecular weight excluding hydrogens is 517 g/mol. The summed E-state index contributed by atoms with van der Waals surface area (Å²) in [6.07, 6.45) is -8.25. The Morgan fingerprint density at radius 3 is 2.34 bits per heavy atom. The highest BCUT2D eigenvalue weighted by Gasteiger charge is 2.61. The van der Waals surface area contributed by atoms with Gasteiger partial charge in [-0.2, -0.15) is 18.4 Å². The second kappa shape index (κ2) is 9.21. The van der Waals surface area contributed by atoms with Crippen LogP contribution in [0.5, 0.6) is 0 Å². The zero-order valence-corrected chi connectivity index (χ0v) is 18.2. The Labute approximate surface area is 175 Å². The predicted molar refractivity (Wildman–Crippen MR) is 93.3 cm³/mol. The molecule has 0 aliphatic carbocycles. The highest BCUT2D eigenvalue weighted by Crippen LogP contribution is 2.66. The molecule has 1 aromatic rings. The quantitative estimate of drug-likeness (QED) is 0.200. The van der Waals surface area contributed by atoms with Gasteiger partial charge in [0.25, 0.3) is 5.56 Å². The number of alkyl halides is 2. The average molecular weight is 533 g/mol. The van der Waals surface area contributed by atoms with Crippen molar-refractivity contribution in [3.05, 3.63) is 27.0 Å². The number of rotatable bonds is 9. The molecule has 1 aliphatic heterocycles. The summed E-state index contributed by atoms with van der Waals surface area (Å²) >= 11 is 0. The summed E-state index contributed by atoms with van der Waals surface area (Å²) in [7, 11) is -17.2. The van der Waals surface area contributed by atoms with Crippen molar-refractivity contribution in [2.24, 2.45) is 0 Å². The van der Waals surface area contributed by atoms with Gasteiger partial charge in [0.1, 0.15) is 25.1 Å². The number of ether oxygens (including phenoxy) is 1. The third kappa shape index (κ3) is 6.22. The zero-order chi connectivity index (χ0) is 24.7. The standard InChI is InChI=1S/C10H16F2N3O14P3/c1-4(27-31(22,23)29-32(24,25)28-30(19,20)21)6-7(17)10(12,3-11)8(26-6)15-9(18)14-5(16)2-13-15/h2,4,6-8,17H,3H2,1H3,(H,22,23)(H,24,25)(H,14,16,18)(H2,19,20,21)/t4?,6-,7?,8-,10-/m1/s1. The predicted octanol–water partition coefficient (Wildman–Crippen LogP) is -1.40. The van der Waals surface area contributed by atoms with Crippen molar-refractivity contribution in [1.82, 2.24) is 14.8 Å². The fraction of sp³-hybridized carbons (Fsp3) is 0.700. The third-order valence-corrected chi connectivity index (χ3v) is 7.77. The van der Waals surface area contributed by atoms with Crippen LogP contribution in [0.15, 0.2) is 15.8 Å². The van der Waals surface area contributed by atoms with Gasteiger partial charge in [-0.1, -0.05) is 0 Å². The molecule has 0 amide bonds. The summed E-state index contributed by atoms with van der Waals surface area (Å²) < 4.78 is 79.0. The van der Waals surface area contributed by atoms with Gasteiger partial charge in [-0.05, 0) is 6.92 Å². The number of phosphoric ester groups is 1. The number of nitrogens with one attached hydrogen (secondary N) is 1. The lowest BCUT2D eigenvalue weighted by Crippen LogP contribution is -2.49. The van der Waals surface area contributed by atoms with Gasteiger partial charge in [-0.25, -0.2) is 27.3 Å². The molecule has 7 atom stereocenters. The molecule has 4 unspecified atom stereocenters. The van der Waals surface area contributed by atoms with Crippen LogP contribution >= 0.6 is 23.5 Å². The summed E-state index contributed by atoms with van der Waals surface area (Å²) in [5.41, 5.74) is -5.73. The van der Waals surface area contributed by atoms with E-state index >= 15 is 4.39 Å². The van der Waals surface area contributed by atoms with E-state index in [0.29, 0.717) is 6.20 Å². The van der Waals surface area contributed by atoms with Gasteiger partial charge in [0.15, 0.2) is 6.23 Å². The Morgan fingerprint density at radius 2 is 1.84 bits per heavy atom. The number of aliphatic hydroxyl groups excluding tert-OH is 1. The normalized spacial score (nSPS) is 31.1. The third-order valence-electron chi connectivity index (χ3n) is 3.84. The number of hydrogen-bond donors (Lipinski definition) is 6. The molecule has 0 aromatic carbocycles. The van der Waals surface area contributed by atoms with Gasteiger partial charge in [-0.3, -0.25) is 14.3 Å². The number of hydrogen-bond acceptors (Lipinski definition) is 11. The van der Waals surface area contributed by atoms with Gasteiger partial charge in [-0.15, -0.1) is 0 Å². The van der Waals surface area contributed by atoms with Crippen molar-refractivity contribution in [2.45, 2.75) is 37.1 Å². The molecule has 184 valence electrons. The topological polar surface area (TPSA) is 257 Å². The van der Waals surface area contributed by atoms with E-state index in [9.17, 15) is 37.7 Å². The minimum absolute atomic E-state index is 0.141. The van der Waals surface area contributed by atoms with Crippen molar-refractivity contribution >= 4 is 23.5 Å². The number of halogens is 2. The van der Waals surface area contributed by atoms with Crippen molar-refractivity contribution in [3.8, 4) is 0 Å². The minimum Gasteiger partial charge on any atom is -0.387 e. The van der Waals surface area contributed by atoms with E-state index in [2.05, 4.69) is 18.2 Å². The fourth-order valence-corrected chi connectivity index (χ4v) is 5.83. The minimum atomic E-state index is -5.87. The van der Waals surface area contributed by atoms with Crippen molar-refractivity contribution in [3.63, 3.8) is 0 Å². The summed E-state index contributed by atoms with van der Waals surface area (Å²) in [5.74, 6) is 0. The second-order valence-electron chi connectivity index (χ2n) is 6.24. The van der Waals surface area contributed by atoms with E-state index in [4.69, 9.17) is 19.4 Å². The van der Waals surface area contributed by atoms with Gasteiger partial charge in [0, 0.05) is 0 Å². The maximum Gasteiger partial charge on any atom is 0.490 e. The Morgan fingerprint density at radius 1 is 1.25 bits per heavy atom. The summed E-state index contributed by atoms with van der Waals surface area (Å²) in [6, 6.07) is 0. The van der Waals surface area contributed by atoms with E-state index in [-0.39, 0.29) is 4.68 Å². The zero-order valence-electron chi connectivity index (χ0n) is 15.5. The van der Waals surface area contributed by atoms with Gasteiger partial charge < -0.3 is 29.4 Å². The largest absolute Gasteiger partial charge is 0.490 e. The number of aromatic amines is 1. The van der Waals surface area contributed by atoms with E-state index in [1.165, 1.54) is 0 Å². The van der Waals surface area contributed by atoms with Gasteiger partial charge in [0.2, 0.25) is 5.67 Å². The Hall–Kier alpha value is -1.20. The highest BCUT2D eigenvalue weighted by atomic mass is 31.3. The molecule has 0 radical (unpaired) electrons. The Kier molecular flexibility index (Phi) is 7.79. The van der Waals surface area contributed by atoms with E-state index < -0.39 is 71.6 Å². The van der Waals surface area contributed by atoms with E-state index in [1.54, 1.807) is 4.98 Å². The Balaban J connectivity index is 2.26. The maximum atomic E-state index is 15.1. The van der Waals surface area contributed by atoms with Crippen LogP contribution in [0.4, 0.5) is 8.78 Å². The molecular formula is C10H16F2N3O14P3. The van der Waals surface area contributed by atoms with Gasteiger partial charge >= 0.3 is 29.2 Å². The van der Waals surface area contributed by atoms with Crippen LogP contribution in [-0.4, -0.2) is 70.1 Å². The molecule has 1 fully saturated rings. The van der Waals surface area contributed by atoms with Crippen LogP contribution in [0.3, 0.4) is 0 Å².